The highest BCUT2D eigenvalue weighted by molar-refractivity contribution is 7.99. The van der Waals surface area contributed by atoms with Crippen LogP contribution in [0.2, 0.25) is 0 Å². The summed E-state index contributed by atoms with van der Waals surface area (Å²) in [5.41, 5.74) is 1.58. The second-order valence-electron chi connectivity index (χ2n) is 6.99. The summed E-state index contributed by atoms with van der Waals surface area (Å²) in [6.07, 6.45) is -4.74. The van der Waals surface area contributed by atoms with E-state index in [9.17, 15) is 18.0 Å². The Bertz CT molecular complexity index is 1040. The van der Waals surface area contributed by atoms with Crippen LogP contribution in [-0.2, 0) is 16.7 Å². The molecule has 0 aliphatic heterocycles. The van der Waals surface area contributed by atoms with Gasteiger partial charge in [-0.25, -0.2) is 0 Å². The number of hydrogen-bond donors (Lipinski definition) is 1. The highest BCUT2D eigenvalue weighted by Crippen LogP contribution is 2.34. The molecule has 31 heavy (non-hydrogen) atoms. The first-order chi connectivity index (χ1) is 14.6. The Labute approximate surface area is 182 Å². The van der Waals surface area contributed by atoms with Gasteiger partial charge in [0.25, 0.3) is 0 Å². The zero-order valence-electron chi connectivity index (χ0n) is 16.9. The van der Waals surface area contributed by atoms with Crippen LogP contribution in [0.15, 0.2) is 59.0 Å². The highest BCUT2D eigenvalue weighted by Gasteiger charge is 2.30. The largest absolute Gasteiger partial charge is 0.486 e. The lowest BCUT2D eigenvalue weighted by atomic mass is 10.1. The third-order valence-corrected chi connectivity index (χ3v) is 5.58. The number of hydrogen-bond acceptors (Lipinski definition) is 4. The molecule has 1 N–H and O–H groups in total. The van der Waals surface area contributed by atoms with Crippen LogP contribution >= 0.6 is 11.8 Å². The minimum absolute atomic E-state index is 0.0302. The molecule has 8 heteroatoms. The van der Waals surface area contributed by atoms with E-state index in [0.717, 1.165) is 23.3 Å². The van der Waals surface area contributed by atoms with E-state index in [2.05, 4.69) is 0 Å². The first-order valence-electron chi connectivity index (χ1n) is 9.46. The van der Waals surface area contributed by atoms with Crippen molar-refractivity contribution in [3.8, 4) is 17.1 Å². The fourth-order valence-corrected chi connectivity index (χ4v) is 3.79. The zero-order valence-corrected chi connectivity index (χ0v) is 17.7. The van der Waals surface area contributed by atoms with Crippen molar-refractivity contribution in [2.24, 2.45) is 0 Å². The molecule has 1 aromatic heterocycles. The molecule has 3 rings (SSSR count). The van der Waals surface area contributed by atoms with Crippen LogP contribution in [0.25, 0.3) is 11.3 Å². The fourth-order valence-electron chi connectivity index (χ4n) is 3.10. The van der Waals surface area contributed by atoms with E-state index >= 15 is 0 Å². The van der Waals surface area contributed by atoms with Gasteiger partial charge in [0.2, 0.25) is 0 Å². The molecule has 3 aromatic rings. The number of carboxylic acids is 1. The summed E-state index contributed by atoms with van der Waals surface area (Å²) >= 11 is 1.30. The molecule has 0 bridgehead atoms. The van der Waals surface area contributed by atoms with Gasteiger partial charge >= 0.3 is 12.1 Å². The monoisotopic (exact) mass is 450 g/mol. The molecule has 0 amide bonds. The molecular weight excluding hydrogens is 429 g/mol. The third kappa shape index (κ3) is 6.07. The van der Waals surface area contributed by atoms with Crippen molar-refractivity contribution in [2.45, 2.75) is 31.9 Å². The number of rotatable bonds is 8. The topological polar surface area (TPSA) is 59.7 Å². The van der Waals surface area contributed by atoms with Gasteiger partial charge in [-0.2, -0.15) is 13.2 Å². The standard InChI is InChI=1S/C23H21F3O4S/c1-14(29-19-5-3-4-16(10-19)12-31-13-22(27)28)20-11-21(30-15(20)2)17-6-8-18(9-7-17)23(24,25)26/h3-11,14H,12-13H2,1-2H3,(H,27,28). The molecule has 0 spiro atoms. The maximum Gasteiger partial charge on any atom is 0.416 e. The minimum Gasteiger partial charge on any atom is -0.486 e. The molecule has 0 aliphatic carbocycles. The van der Waals surface area contributed by atoms with Gasteiger partial charge in [0, 0.05) is 16.9 Å². The van der Waals surface area contributed by atoms with E-state index in [4.69, 9.17) is 14.3 Å². The lowest BCUT2D eigenvalue weighted by molar-refractivity contribution is -0.137. The SMILES string of the molecule is Cc1oc(-c2ccc(C(F)(F)F)cc2)cc1C(C)Oc1cccc(CSCC(=O)O)c1. The number of benzene rings is 2. The molecule has 1 atom stereocenters. The van der Waals surface area contributed by atoms with Crippen molar-refractivity contribution in [1.82, 2.24) is 0 Å². The summed E-state index contributed by atoms with van der Waals surface area (Å²) < 4.78 is 50.1. The fraction of sp³-hybridized carbons (Fsp3) is 0.261. The van der Waals surface area contributed by atoms with E-state index in [1.165, 1.54) is 23.9 Å². The second-order valence-corrected chi connectivity index (χ2v) is 7.98. The van der Waals surface area contributed by atoms with Crippen LogP contribution in [0.4, 0.5) is 13.2 Å². The number of alkyl halides is 3. The summed E-state index contributed by atoms with van der Waals surface area (Å²) in [4.78, 5) is 10.7. The quantitative estimate of drug-likeness (QED) is 0.412. The number of thioether (sulfide) groups is 1. The maximum absolute atomic E-state index is 12.8. The first-order valence-corrected chi connectivity index (χ1v) is 10.6. The van der Waals surface area contributed by atoms with Gasteiger partial charge < -0.3 is 14.3 Å². The zero-order chi connectivity index (χ0) is 22.6. The van der Waals surface area contributed by atoms with Crippen molar-refractivity contribution >= 4 is 17.7 Å². The summed E-state index contributed by atoms with van der Waals surface area (Å²) in [6.45, 7) is 3.64. The molecule has 1 heterocycles. The minimum atomic E-state index is -4.38. The Hall–Kier alpha value is -2.87. The number of carboxylic acid groups (broad SMARTS) is 1. The summed E-state index contributed by atoms with van der Waals surface area (Å²) in [6, 6.07) is 14.0. The van der Waals surface area contributed by atoms with Gasteiger partial charge in [-0.05, 0) is 49.7 Å². The van der Waals surface area contributed by atoms with E-state index in [-0.39, 0.29) is 11.9 Å². The smallest absolute Gasteiger partial charge is 0.416 e. The number of aliphatic carboxylic acids is 1. The summed E-state index contributed by atoms with van der Waals surface area (Å²) in [7, 11) is 0. The summed E-state index contributed by atoms with van der Waals surface area (Å²) in [5, 5.41) is 8.75. The molecule has 4 nitrogen and oxygen atoms in total. The number of carbonyl (C=O) groups is 1. The molecule has 0 aliphatic rings. The van der Waals surface area contributed by atoms with Gasteiger partial charge in [0.15, 0.2) is 0 Å². The van der Waals surface area contributed by atoms with Crippen LogP contribution in [-0.4, -0.2) is 16.8 Å². The molecule has 0 saturated heterocycles. The Kier molecular flexibility index (Phi) is 7.00. The number of furan rings is 1. The van der Waals surface area contributed by atoms with Crippen LogP contribution in [0.3, 0.4) is 0 Å². The highest BCUT2D eigenvalue weighted by atomic mass is 32.2. The number of ether oxygens (including phenoxy) is 1. The summed E-state index contributed by atoms with van der Waals surface area (Å²) in [5.74, 6) is 1.46. The van der Waals surface area contributed by atoms with Crippen LogP contribution in [0.5, 0.6) is 5.75 Å². The van der Waals surface area contributed by atoms with Crippen LogP contribution < -0.4 is 4.74 Å². The van der Waals surface area contributed by atoms with Crippen molar-refractivity contribution in [1.29, 1.82) is 0 Å². The van der Waals surface area contributed by atoms with Crippen molar-refractivity contribution in [3.63, 3.8) is 0 Å². The van der Waals surface area contributed by atoms with E-state index in [1.54, 1.807) is 13.0 Å². The van der Waals surface area contributed by atoms with Crippen molar-refractivity contribution < 1.29 is 32.2 Å². The Morgan fingerprint density at radius 3 is 2.52 bits per heavy atom. The normalized spacial score (nSPS) is 12.5. The maximum atomic E-state index is 12.8. The third-order valence-electron chi connectivity index (χ3n) is 4.60. The average molecular weight is 450 g/mol. The molecule has 0 saturated carbocycles. The first kappa shape index (κ1) is 22.8. The van der Waals surface area contributed by atoms with E-state index in [0.29, 0.717) is 28.6 Å². The van der Waals surface area contributed by atoms with Crippen LogP contribution in [0, 0.1) is 6.92 Å². The lowest BCUT2D eigenvalue weighted by Gasteiger charge is -2.15. The van der Waals surface area contributed by atoms with Gasteiger partial charge in [-0.15, -0.1) is 11.8 Å². The van der Waals surface area contributed by atoms with E-state index in [1.807, 2.05) is 31.2 Å². The van der Waals surface area contributed by atoms with Gasteiger partial charge in [0.1, 0.15) is 23.4 Å². The lowest BCUT2D eigenvalue weighted by Crippen LogP contribution is -2.04. The molecule has 1 unspecified atom stereocenters. The van der Waals surface area contributed by atoms with E-state index < -0.39 is 17.7 Å². The molecule has 164 valence electrons. The Balaban J connectivity index is 1.71. The average Bonchev–Trinajstić information content (AvgIpc) is 3.09. The molecule has 0 radical (unpaired) electrons. The second kappa shape index (κ2) is 9.51. The van der Waals surface area contributed by atoms with Crippen molar-refractivity contribution in [3.05, 3.63) is 77.0 Å². The predicted molar refractivity (Wildman–Crippen MR) is 113 cm³/mol. The predicted octanol–water partition coefficient (Wildman–Crippen LogP) is 6.73. The van der Waals surface area contributed by atoms with Crippen molar-refractivity contribution in [2.75, 3.05) is 5.75 Å². The Morgan fingerprint density at radius 1 is 1.16 bits per heavy atom. The number of aryl methyl sites for hydroxylation is 1. The molecular formula is C23H21F3O4S. The molecule has 2 aromatic carbocycles. The molecule has 0 fully saturated rings. The van der Waals surface area contributed by atoms with Crippen LogP contribution in [0.1, 0.15) is 35.5 Å². The van der Waals surface area contributed by atoms with Gasteiger partial charge in [0.05, 0.1) is 11.3 Å². The Morgan fingerprint density at radius 2 is 1.87 bits per heavy atom. The number of halogens is 3. The van der Waals surface area contributed by atoms with Gasteiger partial charge in [-0.3, -0.25) is 4.79 Å². The van der Waals surface area contributed by atoms with Gasteiger partial charge in [-0.1, -0.05) is 24.3 Å².